The highest BCUT2D eigenvalue weighted by atomic mass is 19.4. The molecule has 0 N–H and O–H groups in total. The van der Waals surface area contributed by atoms with Gasteiger partial charge in [0, 0.05) is 11.6 Å². The van der Waals surface area contributed by atoms with Crippen LogP contribution in [-0.4, -0.2) is 4.98 Å². The summed E-state index contributed by atoms with van der Waals surface area (Å²) in [7, 11) is 0. The van der Waals surface area contributed by atoms with Crippen LogP contribution in [0.4, 0.5) is 13.2 Å². The van der Waals surface area contributed by atoms with Crippen LogP contribution in [0.5, 0.6) is 0 Å². The van der Waals surface area contributed by atoms with Crippen molar-refractivity contribution in [1.29, 1.82) is 0 Å². The number of aromatic nitrogens is 1. The van der Waals surface area contributed by atoms with Gasteiger partial charge in [0.1, 0.15) is 0 Å². The Labute approximate surface area is 112 Å². The van der Waals surface area contributed by atoms with Gasteiger partial charge in [0.15, 0.2) is 0 Å². The van der Waals surface area contributed by atoms with E-state index in [0.717, 1.165) is 17.7 Å². The Morgan fingerprint density at radius 2 is 1.53 bits per heavy atom. The standard InChI is InChI=1S/C11H8F3N.2C2H6/c1-7-4-5-15-10-3-2-8(6-9(7)10)11(12,13)14;2*1-2/h2-6H,1H3;2*1-2H3. The second kappa shape index (κ2) is 7.77. The number of nitrogens with zero attached hydrogens (tertiary/aromatic N) is 1. The first-order valence-electron chi connectivity index (χ1n) is 6.41. The van der Waals surface area contributed by atoms with Crippen LogP contribution in [0.1, 0.15) is 38.8 Å². The third kappa shape index (κ3) is 4.54. The second-order valence-electron chi connectivity index (χ2n) is 3.36. The summed E-state index contributed by atoms with van der Waals surface area (Å²) in [6.45, 7) is 9.77. The minimum atomic E-state index is -4.30. The molecule has 2 rings (SSSR count). The smallest absolute Gasteiger partial charge is 0.256 e. The fourth-order valence-corrected chi connectivity index (χ4v) is 1.46. The second-order valence-corrected chi connectivity index (χ2v) is 3.36. The fourth-order valence-electron chi connectivity index (χ4n) is 1.46. The minimum Gasteiger partial charge on any atom is -0.256 e. The molecule has 0 spiro atoms. The Bertz CT molecular complexity index is 504. The molecule has 1 aromatic heterocycles. The molecular formula is C15H20F3N. The third-order valence-corrected chi connectivity index (χ3v) is 2.29. The maximum atomic E-state index is 12.4. The fraction of sp³-hybridized carbons (Fsp3) is 0.400. The Morgan fingerprint density at radius 3 is 2.05 bits per heavy atom. The number of aryl methyl sites for hydroxylation is 1. The van der Waals surface area contributed by atoms with E-state index in [0.29, 0.717) is 10.9 Å². The molecule has 0 amide bonds. The van der Waals surface area contributed by atoms with Crippen molar-refractivity contribution in [3.05, 3.63) is 41.6 Å². The molecule has 0 atom stereocenters. The summed E-state index contributed by atoms with van der Waals surface area (Å²) in [4.78, 5) is 4.00. The van der Waals surface area contributed by atoms with Crippen LogP contribution in [0.3, 0.4) is 0 Å². The largest absolute Gasteiger partial charge is 0.416 e. The lowest BCUT2D eigenvalue weighted by atomic mass is 10.1. The van der Waals surface area contributed by atoms with Crippen LogP contribution in [0.2, 0.25) is 0 Å². The molecule has 1 heterocycles. The zero-order valence-electron chi connectivity index (χ0n) is 12.0. The van der Waals surface area contributed by atoms with Gasteiger partial charge in [-0.3, -0.25) is 4.98 Å². The number of benzene rings is 1. The number of halogens is 3. The number of fused-ring (bicyclic) bond motifs is 1. The topological polar surface area (TPSA) is 12.9 Å². The van der Waals surface area contributed by atoms with Crippen LogP contribution in [-0.2, 0) is 6.18 Å². The van der Waals surface area contributed by atoms with Crippen LogP contribution >= 0.6 is 0 Å². The predicted molar refractivity (Wildman–Crippen MR) is 74.2 cm³/mol. The minimum absolute atomic E-state index is 0.548. The van der Waals surface area contributed by atoms with E-state index in [-0.39, 0.29) is 0 Å². The maximum absolute atomic E-state index is 12.4. The van der Waals surface area contributed by atoms with Crippen LogP contribution in [0.25, 0.3) is 10.9 Å². The number of rotatable bonds is 0. The van der Waals surface area contributed by atoms with Gasteiger partial charge >= 0.3 is 6.18 Å². The highest BCUT2D eigenvalue weighted by molar-refractivity contribution is 5.82. The maximum Gasteiger partial charge on any atom is 0.416 e. The summed E-state index contributed by atoms with van der Waals surface area (Å²) < 4.78 is 37.3. The molecule has 0 aliphatic carbocycles. The van der Waals surface area contributed by atoms with Crippen molar-refractivity contribution in [2.75, 3.05) is 0 Å². The van der Waals surface area contributed by atoms with Crippen molar-refractivity contribution in [2.45, 2.75) is 40.8 Å². The first kappa shape index (κ1) is 17.4. The van der Waals surface area contributed by atoms with Crippen molar-refractivity contribution < 1.29 is 13.2 Å². The van der Waals surface area contributed by atoms with Crippen molar-refractivity contribution in [3.8, 4) is 0 Å². The van der Waals surface area contributed by atoms with E-state index in [4.69, 9.17) is 0 Å². The number of hydrogen-bond acceptors (Lipinski definition) is 1. The molecule has 4 heteroatoms. The highest BCUT2D eigenvalue weighted by Crippen LogP contribution is 2.31. The summed E-state index contributed by atoms with van der Waals surface area (Å²) in [5.74, 6) is 0. The van der Waals surface area contributed by atoms with E-state index in [2.05, 4.69) is 4.98 Å². The van der Waals surface area contributed by atoms with Gasteiger partial charge in [0.25, 0.3) is 0 Å². The lowest BCUT2D eigenvalue weighted by Gasteiger charge is -2.08. The van der Waals surface area contributed by atoms with Gasteiger partial charge in [-0.25, -0.2) is 0 Å². The van der Waals surface area contributed by atoms with Gasteiger partial charge < -0.3 is 0 Å². The van der Waals surface area contributed by atoms with Crippen molar-refractivity contribution in [2.24, 2.45) is 0 Å². The Kier molecular flexibility index (Phi) is 7.12. The average Bonchev–Trinajstić information content (AvgIpc) is 2.42. The molecule has 0 bridgehead atoms. The molecule has 2 aromatic rings. The lowest BCUT2D eigenvalue weighted by molar-refractivity contribution is -0.137. The average molecular weight is 271 g/mol. The molecule has 0 aliphatic heterocycles. The molecule has 0 saturated heterocycles. The normalized spacial score (nSPS) is 10.1. The third-order valence-electron chi connectivity index (χ3n) is 2.29. The summed E-state index contributed by atoms with van der Waals surface area (Å²) in [5, 5.41) is 0.548. The molecule has 1 nitrogen and oxygen atoms in total. The molecular weight excluding hydrogens is 251 g/mol. The Balaban J connectivity index is 0.000000741. The Morgan fingerprint density at radius 1 is 0.947 bits per heavy atom. The molecule has 1 aromatic carbocycles. The lowest BCUT2D eigenvalue weighted by Crippen LogP contribution is -2.04. The molecule has 0 saturated carbocycles. The summed E-state index contributed by atoms with van der Waals surface area (Å²) in [6.07, 6.45) is -2.71. The van der Waals surface area contributed by atoms with Gasteiger partial charge in [-0.1, -0.05) is 27.7 Å². The quantitative estimate of drug-likeness (QED) is 0.606. The SMILES string of the molecule is CC.CC.Cc1ccnc2ccc(C(F)(F)F)cc12. The van der Waals surface area contributed by atoms with Crippen molar-refractivity contribution >= 4 is 10.9 Å². The van der Waals surface area contributed by atoms with Gasteiger partial charge in [0.2, 0.25) is 0 Å². The van der Waals surface area contributed by atoms with Crippen LogP contribution < -0.4 is 0 Å². The van der Waals surface area contributed by atoms with E-state index in [1.165, 1.54) is 6.07 Å². The molecule has 19 heavy (non-hydrogen) atoms. The summed E-state index contributed by atoms with van der Waals surface area (Å²) in [6, 6.07) is 5.28. The van der Waals surface area contributed by atoms with E-state index >= 15 is 0 Å². The predicted octanol–water partition coefficient (Wildman–Crippen LogP) is 5.61. The first-order valence-corrected chi connectivity index (χ1v) is 6.41. The zero-order chi connectivity index (χ0) is 15.1. The first-order chi connectivity index (χ1) is 8.98. The number of hydrogen-bond donors (Lipinski definition) is 0. The highest BCUT2D eigenvalue weighted by Gasteiger charge is 2.30. The summed E-state index contributed by atoms with van der Waals surface area (Å²) in [5.41, 5.74) is 0.750. The van der Waals surface area contributed by atoms with Crippen molar-refractivity contribution in [3.63, 3.8) is 0 Å². The molecule has 0 unspecified atom stereocenters. The van der Waals surface area contributed by atoms with Gasteiger partial charge in [-0.15, -0.1) is 0 Å². The van der Waals surface area contributed by atoms with Gasteiger partial charge in [0.05, 0.1) is 11.1 Å². The number of pyridine rings is 1. The van der Waals surface area contributed by atoms with Crippen LogP contribution in [0, 0.1) is 6.92 Å². The van der Waals surface area contributed by atoms with E-state index < -0.39 is 11.7 Å². The van der Waals surface area contributed by atoms with E-state index in [1.54, 1.807) is 19.2 Å². The molecule has 0 aliphatic rings. The van der Waals surface area contributed by atoms with Crippen molar-refractivity contribution in [1.82, 2.24) is 4.98 Å². The zero-order valence-corrected chi connectivity index (χ0v) is 12.0. The monoisotopic (exact) mass is 271 g/mol. The Hall–Kier alpha value is -1.58. The van der Waals surface area contributed by atoms with Gasteiger partial charge in [-0.05, 0) is 36.8 Å². The van der Waals surface area contributed by atoms with E-state index in [9.17, 15) is 13.2 Å². The summed E-state index contributed by atoms with van der Waals surface area (Å²) >= 11 is 0. The van der Waals surface area contributed by atoms with E-state index in [1.807, 2.05) is 27.7 Å². The molecule has 0 fully saturated rings. The molecule has 106 valence electrons. The van der Waals surface area contributed by atoms with Crippen LogP contribution in [0.15, 0.2) is 30.5 Å². The number of alkyl halides is 3. The molecule has 0 radical (unpaired) electrons. The van der Waals surface area contributed by atoms with Gasteiger partial charge in [-0.2, -0.15) is 13.2 Å².